The molecule has 0 spiro atoms. The van der Waals surface area contributed by atoms with Gasteiger partial charge in [0.1, 0.15) is 0 Å². The van der Waals surface area contributed by atoms with Gasteiger partial charge in [-0.15, -0.1) is 0 Å². The van der Waals surface area contributed by atoms with Crippen molar-refractivity contribution in [2.24, 2.45) is 0 Å². The van der Waals surface area contributed by atoms with Crippen molar-refractivity contribution in [1.82, 2.24) is 0 Å². The Bertz CT molecular complexity index is 682. The molecule has 0 saturated heterocycles. The summed E-state index contributed by atoms with van der Waals surface area (Å²) in [7, 11) is 0. The molecule has 106 valence electrons. The van der Waals surface area contributed by atoms with E-state index in [1.54, 1.807) is 18.2 Å². The maximum Gasteiger partial charge on any atom is 0.334 e. The van der Waals surface area contributed by atoms with Gasteiger partial charge in [0.15, 0.2) is 0 Å². The van der Waals surface area contributed by atoms with Crippen LogP contribution in [0, 0.1) is 11.3 Å². The standard InChI is InChI=1S/C17H15NO3/c1-12(2)16(20)21-17(10-5-11-18)14-7-4-3-6-13(14)8-9-15(17)19/h3-4,6-9H,1,5,10H2,2H3. The first kappa shape index (κ1) is 14.7. The largest absolute Gasteiger partial charge is 0.442 e. The van der Waals surface area contributed by atoms with Gasteiger partial charge in [0.2, 0.25) is 11.4 Å². The van der Waals surface area contributed by atoms with Gasteiger partial charge in [-0.25, -0.2) is 4.79 Å². The van der Waals surface area contributed by atoms with E-state index in [-0.39, 0.29) is 24.2 Å². The highest BCUT2D eigenvalue weighted by Gasteiger charge is 2.45. The summed E-state index contributed by atoms with van der Waals surface area (Å²) in [4.78, 5) is 24.4. The number of ether oxygens (including phenoxy) is 1. The molecule has 1 aromatic carbocycles. The Morgan fingerprint density at radius 3 is 2.76 bits per heavy atom. The van der Waals surface area contributed by atoms with Crippen LogP contribution in [0.25, 0.3) is 6.08 Å². The summed E-state index contributed by atoms with van der Waals surface area (Å²) >= 11 is 0. The van der Waals surface area contributed by atoms with Crippen LogP contribution < -0.4 is 0 Å². The third-order valence-electron chi connectivity index (χ3n) is 3.41. The van der Waals surface area contributed by atoms with Crippen molar-refractivity contribution in [2.45, 2.75) is 25.4 Å². The van der Waals surface area contributed by atoms with Crippen LogP contribution in [0.1, 0.15) is 30.9 Å². The predicted molar refractivity (Wildman–Crippen MR) is 77.9 cm³/mol. The van der Waals surface area contributed by atoms with Gasteiger partial charge >= 0.3 is 5.97 Å². The number of nitriles is 1. The summed E-state index contributed by atoms with van der Waals surface area (Å²) in [5, 5.41) is 8.85. The highest BCUT2D eigenvalue weighted by atomic mass is 16.6. The summed E-state index contributed by atoms with van der Waals surface area (Å²) in [5.74, 6) is -0.961. The molecule has 0 aliphatic heterocycles. The third kappa shape index (κ3) is 2.63. The van der Waals surface area contributed by atoms with Crippen LogP contribution in [0.3, 0.4) is 0 Å². The number of carbonyl (C=O) groups excluding carboxylic acids is 2. The summed E-state index contributed by atoms with van der Waals surface area (Å²) < 4.78 is 5.49. The van der Waals surface area contributed by atoms with E-state index < -0.39 is 11.6 Å². The van der Waals surface area contributed by atoms with E-state index in [2.05, 4.69) is 6.58 Å². The van der Waals surface area contributed by atoms with Crippen LogP contribution in [0.2, 0.25) is 0 Å². The number of hydrogen-bond acceptors (Lipinski definition) is 4. The fourth-order valence-electron chi connectivity index (χ4n) is 2.33. The molecule has 0 aromatic heterocycles. The van der Waals surface area contributed by atoms with E-state index in [0.29, 0.717) is 5.56 Å². The Labute approximate surface area is 123 Å². The summed E-state index contributed by atoms with van der Waals surface area (Å²) in [5.41, 5.74) is 0.204. The Kier molecular flexibility index (Phi) is 4.04. The van der Waals surface area contributed by atoms with Crippen LogP contribution in [0.15, 0.2) is 42.5 Å². The van der Waals surface area contributed by atoms with Crippen LogP contribution in [-0.2, 0) is 19.9 Å². The monoisotopic (exact) mass is 281 g/mol. The normalized spacial score (nSPS) is 19.5. The number of carbonyl (C=O) groups is 2. The first-order chi connectivity index (χ1) is 10.0. The van der Waals surface area contributed by atoms with E-state index in [1.165, 1.54) is 13.0 Å². The van der Waals surface area contributed by atoms with Gasteiger partial charge in [0, 0.05) is 24.0 Å². The van der Waals surface area contributed by atoms with Crippen LogP contribution in [0.4, 0.5) is 0 Å². The van der Waals surface area contributed by atoms with Crippen molar-refractivity contribution in [2.75, 3.05) is 0 Å². The lowest BCUT2D eigenvalue weighted by molar-refractivity contribution is -0.164. The minimum atomic E-state index is -1.43. The molecule has 0 radical (unpaired) electrons. The van der Waals surface area contributed by atoms with Crippen molar-refractivity contribution < 1.29 is 14.3 Å². The number of hydrogen-bond donors (Lipinski definition) is 0. The first-order valence-electron chi connectivity index (χ1n) is 6.59. The molecule has 1 unspecified atom stereocenters. The predicted octanol–water partition coefficient (Wildman–Crippen LogP) is 2.90. The van der Waals surface area contributed by atoms with Gasteiger partial charge in [0.25, 0.3) is 0 Å². The van der Waals surface area contributed by atoms with Gasteiger partial charge in [-0.3, -0.25) is 4.79 Å². The van der Waals surface area contributed by atoms with Crippen LogP contribution in [0.5, 0.6) is 0 Å². The molecule has 2 rings (SSSR count). The third-order valence-corrected chi connectivity index (χ3v) is 3.41. The average Bonchev–Trinajstić information content (AvgIpc) is 2.48. The average molecular weight is 281 g/mol. The number of benzene rings is 1. The van der Waals surface area contributed by atoms with Gasteiger partial charge in [0.05, 0.1) is 6.07 Å². The molecule has 4 heteroatoms. The Balaban J connectivity index is 2.55. The molecule has 1 aromatic rings. The number of esters is 1. The molecule has 0 bridgehead atoms. The van der Waals surface area contributed by atoms with Crippen LogP contribution in [-0.4, -0.2) is 11.8 Å². The lowest BCUT2D eigenvalue weighted by atomic mass is 9.79. The highest BCUT2D eigenvalue weighted by molar-refractivity contribution is 6.05. The number of fused-ring (bicyclic) bond motifs is 1. The zero-order valence-electron chi connectivity index (χ0n) is 11.8. The molecular weight excluding hydrogens is 266 g/mol. The highest BCUT2D eigenvalue weighted by Crippen LogP contribution is 2.38. The summed E-state index contributed by atoms with van der Waals surface area (Å²) in [6, 6.07) is 9.22. The number of nitrogens with zero attached hydrogens (tertiary/aromatic N) is 1. The first-order valence-corrected chi connectivity index (χ1v) is 6.59. The molecule has 4 nitrogen and oxygen atoms in total. The van der Waals surface area contributed by atoms with Gasteiger partial charge in [-0.1, -0.05) is 36.9 Å². The van der Waals surface area contributed by atoms with Gasteiger partial charge < -0.3 is 4.74 Å². The molecule has 1 aliphatic rings. The minimum Gasteiger partial charge on any atom is -0.442 e. The fraction of sp³-hybridized carbons (Fsp3) is 0.235. The molecule has 1 atom stereocenters. The zero-order valence-corrected chi connectivity index (χ0v) is 11.8. The second kappa shape index (κ2) is 5.76. The maximum absolute atomic E-state index is 12.4. The lowest BCUT2D eigenvalue weighted by Gasteiger charge is -2.34. The van der Waals surface area contributed by atoms with Gasteiger partial charge in [-0.2, -0.15) is 5.26 Å². The molecular formula is C17H15NO3. The lowest BCUT2D eigenvalue weighted by Crippen LogP contribution is -2.42. The number of ketones is 1. The topological polar surface area (TPSA) is 67.2 Å². The second-order valence-electron chi connectivity index (χ2n) is 4.94. The van der Waals surface area contributed by atoms with Crippen molar-refractivity contribution in [3.63, 3.8) is 0 Å². The summed E-state index contributed by atoms with van der Waals surface area (Å²) in [6.07, 6.45) is 3.32. The molecule has 0 amide bonds. The van der Waals surface area contributed by atoms with Crippen molar-refractivity contribution in [3.05, 3.63) is 53.6 Å². The SMILES string of the molecule is C=C(C)C(=O)OC1(CCC#N)C(=O)C=Cc2ccccc21. The minimum absolute atomic E-state index is 0.109. The fourth-order valence-corrected chi connectivity index (χ4v) is 2.33. The second-order valence-corrected chi connectivity index (χ2v) is 4.94. The van der Waals surface area contributed by atoms with E-state index in [1.807, 2.05) is 18.2 Å². The molecule has 0 fully saturated rings. The molecule has 0 saturated carbocycles. The maximum atomic E-state index is 12.4. The van der Waals surface area contributed by atoms with E-state index in [0.717, 1.165) is 5.56 Å². The van der Waals surface area contributed by atoms with Gasteiger partial charge in [-0.05, 0) is 18.6 Å². The quantitative estimate of drug-likeness (QED) is 0.628. The number of rotatable bonds is 4. The smallest absolute Gasteiger partial charge is 0.334 e. The Hall–Kier alpha value is -2.67. The van der Waals surface area contributed by atoms with Crippen LogP contribution >= 0.6 is 0 Å². The molecule has 0 N–H and O–H groups in total. The molecule has 0 heterocycles. The van der Waals surface area contributed by atoms with Crippen molar-refractivity contribution in [1.29, 1.82) is 5.26 Å². The van der Waals surface area contributed by atoms with E-state index in [4.69, 9.17) is 10.00 Å². The van der Waals surface area contributed by atoms with Crippen molar-refractivity contribution in [3.8, 4) is 6.07 Å². The van der Waals surface area contributed by atoms with Crippen molar-refractivity contribution >= 4 is 17.8 Å². The van der Waals surface area contributed by atoms with E-state index in [9.17, 15) is 9.59 Å². The zero-order chi connectivity index (χ0) is 15.5. The molecule has 1 aliphatic carbocycles. The molecule has 21 heavy (non-hydrogen) atoms. The summed E-state index contributed by atoms with van der Waals surface area (Å²) in [6.45, 7) is 5.07. The Morgan fingerprint density at radius 1 is 1.38 bits per heavy atom. The Morgan fingerprint density at radius 2 is 2.10 bits per heavy atom. The van der Waals surface area contributed by atoms with E-state index >= 15 is 0 Å².